The van der Waals surface area contributed by atoms with E-state index in [9.17, 15) is 15.0 Å². The van der Waals surface area contributed by atoms with Crippen molar-refractivity contribution in [1.29, 1.82) is 0 Å². The predicted molar refractivity (Wildman–Crippen MR) is 136 cm³/mol. The van der Waals surface area contributed by atoms with E-state index in [-0.39, 0.29) is 24.3 Å². The molecule has 3 N–H and O–H groups in total. The van der Waals surface area contributed by atoms with Crippen molar-refractivity contribution in [3.05, 3.63) is 57.1 Å². The first kappa shape index (κ1) is 24.9. The number of amides is 1. The molecule has 3 aromatic rings. The first-order valence-corrected chi connectivity index (χ1v) is 13.3. The Morgan fingerprint density at radius 2 is 1.97 bits per heavy atom. The molecule has 1 unspecified atom stereocenters. The quantitative estimate of drug-likeness (QED) is 0.436. The normalized spacial score (nSPS) is 20.6. The molecule has 1 amide bonds. The van der Waals surface area contributed by atoms with Crippen LogP contribution in [0.5, 0.6) is 0 Å². The van der Waals surface area contributed by atoms with Crippen molar-refractivity contribution in [2.45, 2.75) is 65.0 Å². The summed E-state index contributed by atoms with van der Waals surface area (Å²) < 4.78 is 0. The Bertz CT molecular complexity index is 1110. The van der Waals surface area contributed by atoms with Crippen molar-refractivity contribution in [3.63, 3.8) is 0 Å². The van der Waals surface area contributed by atoms with Crippen molar-refractivity contribution in [3.8, 4) is 10.4 Å². The Morgan fingerprint density at radius 3 is 2.56 bits per heavy atom. The number of hydrogen-bond acceptors (Lipinski definition) is 8. The van der Waals surface area contributed by atoms with E-state index in [1.54, 1.807) is 27.6 Å². The monoisotopic (exact) mass is 500 g/mol. The third kappa shape index (κ3) is 5.39. The van der Waals surface area contributed by atoms with Crippen LogP contribution >= 0.6 is 22.7 Å². The molecule has 0 spiro atoms. The number of aliphatic hydroxyl groups excluding tert-OH is 2. The van der Waals surface area contributed by atoms with Crippen LogP contribution in [0.25, 0.3) is 10.4 Å². The molecule has 34 heavy (non-hydrogen) atoms. The van der Waals surface area contributed by atoms with E-state index in [1.165, 1.54) is 0 Å². The largest absolute Gasteiger partial charge is 0.392 e. The van der Waals surface area contributed by atoms with Gasteiger partial charge in [0.1, 0.15) is 6.23 Å². The van der Waals surface area contributed by atoms with Crippen LogP contribution in [0.1, 0.15) is 48.1 Å². The minimum Gasteiger partial charge on any atom is -0.392 e. The summed E-state index contributed by atoms with van der Waals surface area (Å²) in [5, 5.41) is 27.6. The van der Waals surface area contributed by atoms with E-state index in [2.05, 4.69) is 15.3 Å². The molecule has 1 fully saturated rings. The zero-order valence-electron chi connectivity index (χ0n) is 19.9. The van der Waals surface area contributed by atoms with Gasteiger partial charge in [0, 0.05) is 24.4 Å². The molecule has 182 valence electrons. The molecule has 1 aliphatic heterocycles. The number of nitrogens with one attached hydrogen (secondary N) is 1. The van der Waals surface area contributed by atoms with Crippen molar-refractivity contribution >= 4 is 28.6 Å². The second-order valence-electron chi connectivity index (χ2n) is 9.26. The summed E-state index contributed by atoms with van der Waals surface area (Å²) in [5.41, 5.74) is 5.79. The molecule has 7 nitrogen and oxygen atoms in total. The summed E-state index contributed by atoms with van der Waals surface area (Å²) >= 11 is 3.16. The second-order valence-corrected chi connectivity index (χ2v) is 11.2. The average molecular weight is 501 g/mol. The Balaban J connectivity index is 1.43. The zero-order chi connectivity index (χ0) is 24.4. The zero-order valence-corrected chi connectivity index (χ0v) is 21.6. The molecule has 0 saturated carbocycles. The van der Waals surface area contributed by atoms with Gasteiger partial charge in [-0.05, 0) is 37.3 Å². The topological polar surface area (TPSA) is 98.6 Å². The molecule has 4 rings (SSSR count). The van der Waals surface area contributed by atoms with Gasteiger partial charge in [-0.25, -0.2) is 9.97 Å². The van der Waals surface area contributed by atoms with Gasteiger partial charge in [0.15, 0.2) is 0 Å². The number of likely N-dealkylation sites (tertiary alicyclic amines) is 1. The molecule has 4 atom stereocenters. The van der Waals surface area contributed by atoms with Crippen LogP contribution in [-0.2, 0) is 11.3 Å². The van der Waals surface area contributed by atoms with Gasteiger partial charge < -0.3 is 15.5 Å². The minimum atomic E-state index is -0.906. The van der Waals surface area contributed by atoms with Crippen molar-refractivity contribution in [2.75, 3.05) is 6.54 Å². The van der Waals surface area contributed by atoms with E-state index in [1.807, 2.05) is 62.9 Å². The number of thiazole rings is 2. The van der Waals surface area contributed by atoms with Crippen LogP contribution in [-0.4, -0.2) is 55.9 Å². The van der Waals surface area contributed by atoms with E-state index >= 15 is 0 Å². The van der Waals surface area contributed by atoms with Crippen LogP contribution in [0, 0.1) is 19.8 Å². The molecular formula is C25H32N4O3S2. The highest BCUT2D eigenvalue weighted by Crippen LogP contribution is 2.34. The number of benzene rings is 1. The molecule has 0 radical (unpaired) electrons. The van der Waals surface area contributed by atoms with Crippen molar-refractivity contribution in [2.24, 2.45) is 5.92 Å². The number of aromatic nitrogens is 2. The number of carbonyl (C=O) groups excluding carboxylic acids is 1. The summed E-state index contributed by atoms with van der Waals surface area (Å²) in [4.78, 5) is 24.9. The summed E-state index contributed by atoms with van der Waals surface area (Å²) in [5.74, 6) is -0.304. The van der Waals surface area contributed by atoms with Gasteiger partial charge in [0.05, 0.1) is 38.9 Å². The van der Waals surface area contributed by atoms with E-state index in [0.717, 1.165) is 32.4 Å². The van der Waals surface area contributed by atoms with Crippen LogP contribution in [0.2, 0.25) is 0 Å². The lowest BCUT2D eigenvalue weighted by Gasteiger charge is -2.35. The lowest BCUT2D eigenvalue weighted by atomic mass is 9.90. The molecule has 1 aromatic carbocycles. The first-order chi connectivity index (χ1) is 16.2. The van der Waals surface area contributed by atoms with Gasteiger partial charge in [-0.2, -0.15) is 0 Å². The molecule has 0 aliphatic carbocycles. The van der Waals surface area contributed by atoms with Gasteiger partial charge in [-0.3, -0.25) is 9.69 Å². The van der Waals surface area contributed by atoms with Gasteiger partial charge >= 0.3 is 0 Å². The summed E-state index contributed by atoms with van der Waals surface area (Å²) in [6, 6.07) is 7.50. The number of hydrogen-bond donors (Lipinski definition) is 3. The maximum Gasteiger partial charge on any atom is 0.237 e. The van der Waals surface area contributed by atoms with Gasteiger partial charge in [-0.15, -0.1) is 22.7 Å². The maximum absolute atomic E-state index is 13.1. The Hall–Kier alpha value is -2.17. The van der Waals surface area contributed by atoms with Gasteiger partial charge in [-0.1, -0.05) is 38.1 Å². The Morgan fingerprint density at radius 1 is 1.24 bits per heavy atom. The highest BCUT2D eigenvalue weighted by molar-refractivity contribution is 7.13. The van der Waals surface area contributed by atoms with Crippen LogP contribution < -0.4 is 5.32 Å². The van der Waals surface area contributed by atoms with Crippen LogP contribution in [0.15, 0.2) is 35.2 Å². The third-order valence-corrected chi connectivity index (χ3v) is 8.18. The number of carbonyl (C=O) groups is 1. The van der Waals surface area contributed by atoms with Crippen LogP contribution in [0.3, 0.4) is 0 Å². The molecule has 3 heterocycles. The number of rotatable bonds is 8. The summed E-state index contributed by atoms with van der Waals surface area (Å²) in [6.07, 6.45) is -1.26. The number of β-amino-alcohol motifs (C(OH)–C–C–N with tert-alkyl or cyclic N) is 1. The smallest absolute Gasteiger partial charge is 0.237 e. The fraction of sp³-hybridized carbons (Fsp3) is 0.480. The van der Waals surface area contributed by atoms with Crippen molar-refractivity contribution < 1.29 is 15.0 Å². The summed E-state index contributed by atoms with van der Waals surface area (Å²) in [7, 11) is 0. The molecule has 2 aromatic heterocycles. The van der Waals surface area contributed by atoms with E-state index in [0.29, 0.717) is 13.0 Å². The fourth-order valence-electron chi connectivity index (χ4n) is 4.63. The van der Waals surface area contributed by atoms with E-state index in [4.69, 9.17) is 0 Å². The highest BCUT2D eigenvalue weighted by Gasteiger charge is 2.43. The SMILES string of the molecule is Cc1nc([C@@H](C(C)C)C(O)N2C[C@H](O)C[C@H]2C(=O)NCc2ccc(-c3scnc3C)cc2)cs1. The molecule has 9 heteroatoms. The lowest BCUT2D eigenvalue weighted by molar-refractivity contribution is -0.131. The predicted octanol–water partition coefficient (Wildman–Crippen LogP) is 3.69. The molecule has 0 bridgehead atoms. The second kappa shape index (κ2) is 10.6. The third-order valence-electron chi connectivity index (χ3n) is 6.41. The van der Waals surface area contributed by atoms with Gasteiger partial charge in [0.2, 0.25) is 5.91 Å². The van der Waals surface area contributed by atoms with E-state index < -0.39 is 18.4 Å². The number of aliphatic hydroxyl groups is 2. The average Bonchev–Trinajstić information content (AvgIpc) is 3.52. The fourth-order valence-corrected chi connectivity index (χ4v) is 6.10. The lowest BCUT2D eigenvalue weighted by Crippen LogP contribution is -2.50. The maximum atomic E-state index is 13.1. The Labute approximate surface area is 208 Å². The highest BCUT2D eigenvalue weighted by atomic mass is 32.1. The first-order valence-electron chi connectivity index (χ1n) is 11.6. The van der Waals surface area contributed by atoms with Gasteiger partial charge in [0.25, 0.3) is 0 Å². The van der Waals surface area contributed by atoms with Crippen molar-refractivity contribution in [1.82, 2.24) is 20.2 Å². The number of aryl methyl sites for hydroxylation is 2. The van der Waals surface area contributed by atoms with Crippen LogP contribution in [0.4, 0.5) is 0 Å². The molecular weight excluding hydrogens is 468 g/mol. The molecule has 1 saturated heterocycles. The Kier molecular flexibility index (Phi) is 7.79. The molecule has 1 aliphatic rings. The minimum absolute atomic E-state index is 0.124. The summed E-state index contributed by atoms with van der Waals surface area (Å²) in [6.45, 7) is 8.67. The standard InChI is InChI=1S/C25H32N4O3S2/c1-14(2)22(20-12-33-16(4)28-20)25(32)29-11-19(30)9-21(29)24(31)26-10-17-5-7-18(8-6-17)23-15(3)27-13-34-23/h5-8,12-14,19,21-22,25,30,32H,9-11H2,1-4H3,(H,26,31)/t19-,21+,22-,25?/m1/s1. The number of nitrogens with zero attached hydrogens (tertiary/aromatic N) is 3.